The Kier molecular flexibility index (Phi) is 3.24. The third-order valence-electron chi connectivity index (χ3n) is 2.81. The topological polar surface area (TPSA) is 37.9 Å². The molecule has 0 unspecified atom stereocenters. The second kappa shape index (κ2) is 4.67. The molecular formula is C13H14N2OS. The van der Waals surface area contributed by atoms with Crippen LogP contribution in [-0.4, -0.2) is 17.1 Å². The van der Waals surface area contributed by atoms with Gasteiger partial charge in [0.2, 0.25) is 0 Å². The van der Waals surface area contributed by atoms with Crippen LogP contribution in [0.4, 0.5) is 0 Å². The van der Waals surface area contributed by atoms with Crippen LogP contribution in [0.5, 0.6) is 5.75 Å². The maximum absolute atomic E-state index is 5.30. The number of aromatic nitrogens is 2. The third kappa shape index (κ3) is 2.22. The molecule has 3 nitrogen and oxygen atoms in total. The molecule has 0 fully saturated rings. The van der Waals surface area contributed by atoms with Crippen LogP contribution in [0.1, 0.15) is 11.1 Å². The van der Waals surface area contributed by atoms with Crippen molar-refractivity contribution in [3.05, 3.63) is 40.3 Å². The van der Waals surface area contributed by atoms with Crippen LogP contribution in [0.3, 0.4) is 0 Å². The lowest BCUT2D eigenvalue weighted by atomic mass is 10.0. The summed E-state index contributed by atoms with van der Waals surface area (Å²) in [4.78, 5) is 7.10. The van der Waals surface area contributed by atoms with Crippen molar-refractivity contribution in [1.82, 2.24) is 9.97 Å². The number of nitrogens with zero attached hydrogens (tertiary/aromatic N) is 1. The van der Waals surface area contributed by atoms with Crippen LogP contribution in [0.25, 0.3) is 11.3 Å². The Morgan fingerprint density at radius 3 is 2.65 bits per heavy atom. The van der Waals surface area contributed by atoms with E-state index >= 15 is 0 Å². The smallest absolute Gasteiger partial charge is 0.179 e. The van der Waals surface area contributed by atoms with E-state index in [-0.39, 0.29) is 0 Å². The highest BCUT2D eigenvalue weighted by Gasteiger charge is 2.08. The Morgan fingerprint density at radius 2 is 2.00 bits per heavy atom. The lowest BCUT2D eigenvalue weighted by molar-refractivity contribution is 0.411. The largest absolute Gasteiger partial charge is 0.491 e. The second-order valence-electron chi connectivity index (χ2n) is 3.91. The number of nitrogens with one attached hydrogen (secondary N) is 1. The average Bonchev–Trinajstić information content (AvgIpc) is 2.32. The molecule has 0 spiro atoms. The molecule has 0 saturated carbocycles. The van der Waals surface area contributed by atoms with E-state index in [2.05, 4.69) is 35.9 Å². The fraction of sp³-hybridized carbons (Fsp3) is 0.231. The molecule has 0 radical (unpaired) electrons. The quantitative estimate of drug-likeness (QED) is 0.825. The maximum atomic E-state index is 5.30. The predicted octanol–water partition coefficient (Wildman–Crippen LogP) is 3.43. The summed E-state index contributed by atoms with van der Waals surface area (Å²) in [5, 5.41) is 0. The molecule has 17 heavy (non-hydrogen) atoms. The highest BCUT2D eigenvalue weighted by Crippen LogP contribution is 2.28. The van der Waals surface area contributed by atoms with E-state index in [0.717, 1.165) is 11.3 Å². The highest BCUT2D eigenvalue weighted by molar-refractivity contribution is 7.71. The molecule has 4 heteroatoms. The van der Waals surface area contributed by atoms with Gasteiger partial charge >= 0.3 is 0 Å². The Morgan fingerprint density at radius 1 is 1.24 bits per heavy atom. The van der Waals surface area contributed by atoms with Crippen LogP contribution >= 0.6 is 12.2 Å². The van der Waals surface area contributed by atoms with Crippen molar-refractivity contribution in [1.29, 1.82) is 0 Å². The second-order valence-corrected chi connectivity index (χ2v) is 4.30. The van der Waals surface area contributed by atoms with Gasteiger partial charge in [-0.1, -0.05) is 24.4 Å². The van der Waals surface area contributed by atoms with Gasteiger partial charge in [-0.05, 0) is 31.0 Å². The Labute approximate surface area is 105 Å². The molecule has 0 aliphatic carbocycles. The molecule has 1 aromatic heterocycles. The fourth-order valence-electron chi connectivity index (χ4n) is 1.69. The summed E-state index contributed by atoms with van der Waals surface area (Å²) in [5.41, 5.74) is 4.43. The number of aromatic amines is 1. The summed E-state index contributed by atoms with van der Waals surface area (Å²) in [6, 6.07) is 6.24. The van der Waals surface area contributed by atoms with Gasteiger partial charge in [0, 0.05) is 5.56 Å². The summed E-state index contributed by atoms with van der Waals surface area (Å²) >= 11 is 5.14. The lowest BCUT2D eigenvalue weighted by Crippen LogP contribution is -1.94. The van der Waals surface area contributed by atoms with Crippen molar-refractivity contribution >= 4 is 12.2 Å². The zero-order valence-corrected chi connectivity index (χ0v) is 10.9. The van der Waals surface area contributed by atoms with E-state index in [1.165, 1.54) is 11.1 Å². The van der Waals surface area contributed by atoms with Crippen molar-refractivity contribution in [2.75, 3.05) is 7.11 Å². The van der Waals surface area contributed by atoms with Gasteiger partial charge < -0.3 is 9.72 Å². The Bertz CT molecular complexity index is 605. The van der Waals surface area contributed by atoms with Gasteiger partial charge in [0.25, 0.3) is 0 Å². The molecule has 0 saturated heterocycles. The molecule has 2 rings (SSSR count). The standard InChI is InChI=1S/C13H14N2OS/c1-8-4-5-10(6-9(8)2)11-12(16-3)13(17)15-7-14-11/h4-7H,1-3H3,(H,14,15,17). The number of aryl methyl sites for hydroxylation is 2. The van der Waals surface area contributed by atoms with Gasteiger partial charge in [0.1, 0.15) is 0 Å². The van der Waals surface area contributed by atoms with Crippen LogP contribution < -0.4 is 4.74 Å². The molecule has 1 heterocycles. The van der Waals surface area contributed by atoms with Crippen molar-refractivity contribution < 1.29 is 4.74 Å². The summed E-state index contributed by atoms with van der Waals surface area (Å²) in [6.07, 6.45) is 1.59. The summed E-state index contributed by atoms with van der Waals surface area (Å²) in [5.74, 6) is 0.616. The molecule has 1 N–H and O–H groups in total. The molecule has 88 valence electrons. The van der Waals surface area contributed by atoms with E-state index < -0.39 is 0 Å². The highest BCUT2D eigenvalue weighted by atomic mass is 32.1. The number of rotatable bonds is 2. The first-order valence-electron chi connectivity index (χ1n) is 5.33. The Hall–Kier alpha value is -1.68. The maximum Gasteiger partial charge on any atom is 0.179 e. The molecule has 0 aliphatic rings. The van der Waals surface area contributed by atoms with Gasteiger partial charge in [0.05, 0.1) is 19.1 Å². The monoisotopic (exact) mass is 246 g/mol. The van der Waals surface area contributed by atoms with E-state index in [9.17, 15) is 0 Å². The number of hydrogen-bond acceptors (Lipinski definition) is 3. The van der Waals surface area contributed by atoms with E-state index in [1.807, 2.05) is 6.07 Å². The number of benzene rings is 1. The molecular weight excluding hydrogens is 232 g/mol. The van der Waals surface area contributed by atoms with E-state index in [4.69, 9.17) is 17.0 Å². The number of ether oxygens (including phenoxy) is 1. The molecule has 0 bridgehead atoms. The van der Waals surface area contributed by atoms with Crippen LogP contribution in [0.2, 0.25) is 0 Å². The third-order valence-corrected chi connectivity index (χ3v) is 3.10. The zero-order chi connectivity index (χ0) is 12.4. The minimum Gasteiger partial charge on any atom is -0.491 e. The SMILES string of the molecule is COc1c(-c2ccc(C)c(C)c2)[nH]cnc1=S. The molecule has 0 amide bonds. The van der Waals surface area contributed by atoms with Gasteiger partial charge in [-0.2, -0.15) is 0 Å². The van der Waals surface area contributed by atoms with Gasteiger partial charge in [-0.15, -0.1) is 0 Å². The fourth-order valence-corrected chi connectivity index (χ4v) is 1.93. The zero-order valence-electron chi connectivity index (χ0n) is 10.1. The number of hydrogen-bond donors (Lipinski definition) is 1. The number of H-pyrrole nitrogens is 1. The van der Waals surface area contributed by atoms with Crippen LogP contribution in [0, 0.1) is 18.5 Å². The lowest BCUT2D eigenvalue weighted by Gasteiger charge is -2.09. The van der Waals surface area contributed by atoms with Crippen molar-refractivity contribution in [3.8, 4) is 17.0 Å². The molecule has 0 atom stereocenters. The summed E-state index contributed by atoms with van der Waals surface area (Å²) in [6.45, 7) is 4.17. The van der Waals surface area contributed by atoms with Crippen LogP contribution in [0.15, 0.2) is 24.5 Å². The Balaban J connectivity index is 2.64. The molecule has 2 aromatic rings. The first-order valence-corrected chi connectivity index (χ1v) is 5.73. The minimum atomic E-state index is 0.472. The first-order chi connectivity index (χ1) is 8.13. The van der Waals surface area contributed by atoms with Gasteiger partial charge in [0.15, 0.2) is 10.4 Å². The van der Waals surface area contributed by atoms with E-state index in [0.29, 0.717) is 10.4 Å². The van der Waals surface area contributed by atoms with Gasteiger partial charge in [-0.3, -0.25) is 0 Å². The van der Waals surface area contributed by atoms with Gasteiger partial charge in [-0.25, -0.2) is 4.98 Å². The predicted molar refractivity (Wildman–Crippen MR) is 70.9 cm³/mol. The average molecular weight is 246 g/mol. The normalized spacial score (nSPS) is 10.3. The van der Waals surface area contributed by atoms with E-state index in [1.54, 1.807) is 13.4 Å². The van der Waals surface area contributed by atoms with Crippen molar-refractivity contribution in [3.63, 3.8) is 0 Å². The van der Waals surface area contributed by atoms with Crippen molar-refractivity contribution in [2.24, 2.45) is 0 Å². The summed E-state index contributed by atoms with van der Waals surface area (Å²) in [7, 11) is 1.60. The first kappa shape index (κ1) is 11.8. The molecule has 1 aromatic carbocycles. The van der Waals surface area contributed by atoms with Crippen molar-refractivity contribution in [2.45, 2.75) is 13.8 Å². The number of methoxy groups -OCH3 is 1. The minimum absolute atomic E-state index is 0.472. The summed E-state index contributed by atoms with van der Waals surface area (Å²) < 4.78 is 5.77. The molecule has 0 aliphatic heterocycles. The van der Waals surface area contributed by atoms with Crippen LogP contribution in [-0.2, 0) is 0 Å².